The van der Waals surface area contributed by atoms with E-state index < -0.39 is 0 Å². The predicted molar refractivity (Wildman–Crippen MR) is 242 cm³/mol. The number of aliphatic imine (C=N–C) groups is 1. The molecule has 4 nitrogen and oxygen atoms in total. The molecule has 0 saturated heterocycles. The maximum Gasteiger partial charge on any atom is 0.127 e. The lowest BCUT2D eigenvalue weighted by Crippen LogP contribution is -2.40. The largest absolute Gasteiger partial charge is 0.489 e. The van der Waals surface area contributed by atoms with Gasteiger partial charge in [-0.15, -0.1) is 0 Å². The van der Waals surface area contributed by atoms with Crippen LogP contribution in [0.2, 0.25) is 0 Å². The number of fused-ring (bicyclic) bond motifs is 4. The van der Waals surface area contributed by atoms with Crippen LogP contribution in [0.25, 0.3) is 5.57 Å². The SMILES string of the molecule is C=C(c1ccc(N2C3=C(C=CCC3)C3C(I)CCCC32)cc1)c1ccccc1NC=NC1=C(C2=CC=C(C3=CC4=C(CC3)OC3C=CC=CC43)CC2)CCC=C1. The summed E-state index contributed by atoms with van der Waals surface area (Å²) >= 11 is 2.72. The Hall–Kier alpha value is -4.62. The molecule has 0 bridgehead atoms. The fraction of sp³-hybridized carbons (Fsp3) is 0.314. The van der Waals surface area contributed by atoms with Crippen molar-refractivity contribution in [2.24, 2.45) is 16.8 Å². The Labute approximate surface area is 346 Å². The summed E-state index contributed by atoms with van der Waals surface area (Å²) in [6.45, 7) is 4.60. The van der Waals surface area contributed by atoms with Crippen LogP contribution in [0.3, 0.4) is 0 Å². The number of allylic oxidation sites excluding steroid dienone is 15. The van der Waals surface area contributed by atoms with Gasteiger partial charge in [-0.1, -0.05) is 121 Å². The second-order valence-electron chi connectivity index (χ2n) is 16.3. The number of benzene rings is 2. The average Bonchev–Trinajstić information content (AvgIpc) is 3.80. The van der Waals surface area contributed by atoms with Crippen molar-refractivity contribution in [1.82, 2.24) is 0 Å². The van der Waals surface area contributed by atoms with Gasteiger partial charge >= 0.3 is 0 Å². The third-order valence-corrected chi connectivity index (χ3v) is 14.6. The van der Waals surface area contributed by atoms with Crippen LogP contribution in [-0.4, -0.2) is 22.4 Å². The number of nitrogens with one attached hydrogen (secondary N) is 1. The molecule has 0 spiro atoms. The first-order valence-electron chi connectivity index (χ1n) is 20.9. The zero-order valence-corrected chi connectivity index (χ0v) is 34.3. The first-order chi connectivity index (χ1) is 27.6. The number of para-hydroxylation sites is 1. The van der Waals surface area contributed by atoms with Gasteiger partial charge in [0.05, 0.1) is 12.0 Å². The van der Waals surface area contributed by atoms with Gasteiger partial charge in [0, 0.05) is 56.4 Å². The Kier molecular flexibility index (Phi) is 9.82. The molecule has 5 heteroatoms. The van der Waals surface area contributed by atoms with Crippen molar-refractivity contribution in [2.75, 3.05) is 10.2 Å². The van der Waals surface area contributed by atoms with Crippen molar-refractivity contribution >= 4 is 45.9 Å². The molecule has 5 atom stereocenters. The summed E-state index contributed by atoms with van der Waals surface area (Å²) in [5.74, 6) is 2.20. The van der Waals surface area contributed by atoms with E-state index in [1.165, 1.54) is 58.6 Å². The summed E-state index contributed by atoms with van der Waals surface area (Å²) in [6.07, 6.45) is 39.7. The minimum absolute atomic E-state index is 0.173. The van der Waals surface area contributed by atoms with Gasteiger partial charge in [-0.25, -0.2) is 4.99 Å². The van der Waals surface area contributed by atoms with Crippen LogP contribution < -0.4 is 10.2 Å². The standard InChI is InChI=1S/C51H50IN3O/c1-33(34-25-28-38(29-26-34)55-47-18-8-4-14-42(47)51-44(52)15-10-19-48(51)55)39-11-2-6-16-45(39)53-32-54-46-17-7-3-12-40(46)36-23-21-35(22-24-36)37-27-30-50-43(31-37)41-13-5-9-20-49(41)56-50/h2,4-7,9,11,13-14,16-17,20-21,23,25-26,28-29,31-32,41,44,48-49,51H,1,3,8,10,12,15,18-19,22,24,27,30H2,(H,53,54). The van der Waals surface area contributed by atoms with Crippen molar-refractivity contribution in [3.05, 3.63) is 184 Å². The van der Waals surface area contributed by atoms with E-state index in [1.54, 1.807) is 11.3 Å². The second kappa shape index (κ2) is 15.4. The predicted octanol–water partition coefficient (Wildman–Crippen LogP) is 13.0. The first kappa shape index (κ1) is 35.8. The van der Waals surface area contributed by atoms with Crippen molar-refractivity contribution < 1.29 is 4.74 Å². The molecule has 8 aliphatic rings. The van der Waals surface area contributed by atoms with Gasteiger partial charge < -0.3 is 15.0 Å². The molecule has 1 saturated carbocycles. The van der Waals surface area contributed by atoms with Crippen LogP contribution in [-0.2, 0) is 4.74 Å². The van der Waals surface area contributed by atoms with Crippen LogP contribution in [0.4, 0.5) is 11.4 Å². The van der Waals surface area contributed by atoms with E-state index in [-0.39, 0.29) is 6.10 Å². The monoisotopic (exact) mass is 847 g/mol. The van der Waals surface area contributed by atoms with E-state index >= 15 is 0 Å². The lowest BCUT2D eigenvalue weighted by atomic mass is 9.80. The van der Waals surface area contributed by atoms with Crippen LogP contribution in [0.15, 0.2) is 178 Å². The maximum atomic E-state index is 6.29. The smallest absolute Gasteiger partial charge is 0.127 e. The highest BCUT2D eigenvalue weighted by atomic mass is 127. The fourth-order valence-electron chi connectivity index (χ4n) is 10.4. The molecule has 282 valence electrons. The molecule has 5 unspecified atom stereocenters. The zero-order valence-electron chi connectivity index (χ0n) is 32.1. The molecule has 0 radical (unpaired) electrons. The number of hydrogen-bond acceptors (Lipinski definition) is 3. The summed E-state index contributed by atoms with van der Waals surface area (Å²) in [7, 11) is 0. The number of hydrogen-bond donors (Lipinski definition) is 1. The minimum atomic E-state index is 0.173. The first-order valence-corrected chi connectivity index (χ1v) is 22.1. The van der Waals surface area contributed by atoms with Crippen LogP contribution in [0, 0.1) is 11.8 Å². The molecule has 56 heavy (non-hydrogen) atoms. The summed E-state index contributed by atoms with van der Waals surface area (Å²) in [5.41, 5.74) is 16.9. The normalized spacial score (nSPS) is 27.8. The Morgan fingerprint density at radius 2 is 1.64 bits per heavy atom. The Bertz CT molecular complexity index is 2300. The Balaban J connectivity index is 0.842. The molecule has 2 aromatic carbocycles. The fourth-order valence-corrected chi connectivity index (χ4v) is 11.7. The quantitative estimate of drug-likeness (QED) is 0.124. The van der Waals surface area contributed by atoms with Gasteiger partial charge in [0.15, 0.2) is 0 Å². The van der Waals surface area contributed by atoms with E-state index in [0.717, 1.165) is 79.5 Å². The Morgan fingerprint density at radius 1 is 0.839 bits per heavy atom. The van der Waals surface area contributed by atoms with Crippen molar-refractivity contribution in [1.29, 1.82) is 0 Å². The van der Waals surface area contributed by atoms with Crippen LogP contribution in [0.1, 0.15) is 81.8 Å². The Morgan fingerprint density at radius 3 is 2.54 bits per heavy atom. The molecule has 0 amide bonds. The summed E-state index contributed by atoms with van der Waals surface area (Å²) in [6, 6.07) is 18.2. The molecule has 2 heterocycles. The van der Waals surface area contributed by atoms with Gasteiger partial charge in [0.1, 0.15) is 11.9 Å². The van der Waals surface area contributed by atoms with E-state index in [1.807, 2.05) is 6.34 Å². The number of ether oxygens (including phenoxy) is 1. The molecular weight excluding hydrogens is 797 g/mol. The summed E-state index contributed by atoms with van der Waals surface area (Å²) in [5, 5.41) is 3.54. The van der Waals surface area contributed by atoms with Gasteiger partial charge in [-0.3, -0.25) is 0 Å². The van der Waals surface area contributed by atoms with Gasteiger partial charge in [0.25, 0.3) is 0 Å². The van der Waals surface area contributed by atoms with E-state index in [9.17, 15) is 0 Å². The van der Waals surface area contributed by atoms with Crippen molar-refractivity contribution in [2.45, 2.75) is 86.7 Å². The lowest BCUT2D eigenvalue weighted by Gasteiger charge is -2.37. The zero-order chi connectivity index (χ0) is 37.6. The third-order valence-electron chi connectivity index (χ3n) is 13.2. The van der Waals surface area contributed by atoms with E-state index in [2.05, 4.69) is 155 Å². The van der Waals surface area contributed by atoms with Gasteiger partial charge in [0.2, 0.25) is 0 Å². The molecule has 2 aromatic rings. The molecular formula is C51H50IN3O. The highest BCUT2D eigenvalue weighted by molar-refractivity contribution is 14.1. The minimum Gasteiger partial charge on any atom is -0.489 e. The molecule has 10 rings (SSSR count). The molecule has 1 fully saturated rings. The third kappa shape index (κ3) is 6.60. The number of halogens is 1. The molecule has 1 N–H and O–H groups in total. The number of alkyl halides is 1. The number of nitrogens with zero attached hydrogens (tertiary/aromatic N) is 2. The highest BCUT2D eigenvalue weighted by Crippen LogP contribution is 2.50. The van der Waals surface area contributed by atoms with E-state index in [0.29, 0.717) is 21.8 Å². The van der Waals surface area contributed by atoms with Crippen LogP contribution >= 0.6 is 22.6 Å². The molecule has 2 aliphatic heterocycles. The maximum absolute atomic E-state index is 6.29. The molecule has 6 aliphatic carbocycles. The van der Waals surface area contributed by atoms with Crippen LogP contribution in [0.5, 0.6) is 0 Å². The lowest BCUT2D eigenvalue weighted by molar-refractivity contribution is 0.157. The summed E-state index contributed by atoms with van der Waals surface area (Å²) < 4.78 is 7.00. The number of anilines is 2. The van der Waals surface area contributed by atoms with Crippen molar-refractivity contribution in [3.63, 3.8) is 0 Å². The van der Waals surface area contributed by atoms with Gasteiger partial charge in [-0.2, -0.15) is 0 Å². The van der Waals surface area contributed by atoms with Crippen molar-refractivity contribution in [3.8, 4) is 0 Å². The summed E-state index contributed by atoms with van der Waals surface area (Å²) in [4.78, 5) is 7.72. The topological polar surface area (TPSA) is 36.9 Å². The van der Waals surface area contributed by atoms with Gasteiger partial charge in [-0.05, 0) is 127 Å². The highest BCUT2D eigenvalue weighted by Gasteiger charge is 2.45. The number of rotatable bonds is 8. The molecule has 0 aromatic heterocycles. The average molecular weight is 848 g/mol. The van der Waals surface area contributed by atoms with E-state index in [4.69, 9.17) is 9.73 Å². The second-order valence-corrected chi connectivity index (χ2v) is 17.9.